The molecule has 0 radical (unpaired) electrons. The Morgan fingerprint density at radius 1 is 1.24 bits per heavy atom. The highest BCUT2D eigenvalue weighted by Crippen LogP contribution is 2.28. The molecule has 0 unspecified atom stereocenters. The third-order valence-electron chi connectivity index (χ3n) is 3.15. The molecule has 0 saturated carbocycles. The highest BCUT2D eigenvalue weighted by molar-refractivity contribution is 5.76. The second kappa shape index (κ2) is 5.58. The van der Waals surface area contributed by atoms with Crippen LogP contribution in [0.1, 0.15) is 5.56 Å². The number of hydrogen-bond donors (Lipinski definition) is 1. The summed E-state index contributed by atoms with van der Waals surface area (Å²) in [5, 5.41) is 18.5. The van der Waals surface area contributed by atoms with Gasteiger partial charge in [-0.25, -0.2) is 4.52 Å². The lowest BCUT2D eigenvalue weighted by Gasteiger charge is -2.02. The minimum absolute atomic E-state index is 0.00493. The van der Waals surface area contributed by atoms with Crippen LogP contribution in [0.15, 0.2) is 48.9 Å². The van der Waals surface area contributed by atoms with E-state index in [0.717, 1.165) is 12.0 Å². The van der Waals surface area contributed by atoms with Gasteiger partial charge >= 0.3 is 5.69 Å². The maximum atomic E-state index is 11.2. The van der Waals surface area contributed by atoms with Crippen LogP contribution in [0.2, 0.25) is 0 Å². The highest BCUT2D eigenvalue weighted by atomic mass is 16.6. The molecule has 0 saturated heterocycles. The van der Waals surface area contributed by atoms with E-state index in [2.05, 4.69) is 15.4 Å². The summed E-state index contributed by atoms with van der Waals surface area (Å²) in [6.07, 6.45) is 5.88. The molecule has 0 aliphatic carbocycles. The Morgan fingerprint density at radius 2 is 2.05 bits per heavy atom. The Balaban J connectivity index is 1.80. The molecule has 21 heavy (non-hydrogen) atoms. The molecule has 1 N–H and O–H groups in total. The van der Waals surface area contributed by atoms with Crippen LogP contribution in [0.4, 0.5) is 11.5 Å². The number of anilines is 1. The van der Waals surface area contributed by atoms with Crippen LogP contribution >= 0.6 is 0 Å². The van der Waals surface area contributed by atoms with Gasteiger partial charge in [-0.05, 0) is 36.2 Å². The Morgan fingerprint density at radius 3 is 2.81 bits per heavy atom. The summed E-state index contributed by atoms with van der Waals surface area (Å²) in [4.78, 5) is 14.8. The van der Waals surface area contributed by atoms with E-state index >= 15 is 0 Å². The van der Waals surface area contributed by atoms with Gasteiger partial charge in [-0.2, -0.15) is 0 Å². The monoisotopic (exact) mass is 283 g/mol. The summed E-state index contributed by atoms with van der Waals surface area (Å²) >= 11 is 0. The quantitative estimate of drug-likeness (QED) is 0.573. The van der Waals surface area contributed by atoms with E-state index in [9.17, 15) is 10.1 Å². The van der Waals surface area contributed by atoms with E-state index in [-0.39, 0.29) is 5.69 Å². The smallest absolute Gasteiger partial charge is 0.338 e. The Kier molecular flexibility index (Phi) is 3.46. The fourth-order valence-corrected chi connectivity index (χ4v) is 2.16. The summed E-state index contributed by atoms with van der Waals surface area (Å²) in [7, 11) is 0. The lowest BCUT2D eigenvalue weighted by molar-refractivity contribution is -0.382. The summed E-state index contributed by atoms with van der Waals surface area (Å²) in [5.74, 6) is 0.292. The number of nitrogens with one attached hydrogen (secondary N) is 1. The second-order valence-electron chi connectivity index (χ2n) is 4.52. The van der Waals surface area contributed by atoms with Crippen molar-refractivity contribution in [1.29, 1.82) is 0 Å². The second-order valence-corrected chi connectivity index (χ2v) is 4.52. The van der Waals surface area contributed by atoms with Crippen molar-refractivity contribution in [1.82, 2.24) is 14.6 Å². The SMILES string of the molecule is O=[N+]([O-])c1c(NCCc2ccncc2)nn2ccccc12. The van der Waals surface area contributed by atoms with E-state index in [1.807, 2.05) is 12.1 Å². The molecule has 3 rings (SSSR count). The Labute approximate surface area is 120 Å². The molecule has 3 aromatic heterocycles. The van der Waals surface area contributed by atoms with Gasteiger partial charge in [-0.1, -0.05) is 6.07 Å². The Bertz CT molecular complexity index is 769. The maximum Gasteiger partial charge on any atom is 0.338 e. The van der Waals surface area contributed by atoms with E-state index in [1.54, 1.807) is 36.8 Å². The molecular weight excluding hydrogens is 270 g/mol. The zero-order valence-corrected chi connectivity index (χ0v) is 11.1. The van der Waals surface area contributed by atoms with Gasteiger partial charge in [0.15, 0.2) is 0 Å². The number of rotatable bonds is 5. The topological polar surface area (TPSA) is 85.4 Å². The first-order valence-corrected chi connectivity index (χ1v) is 6.50. The third-order valence-corrected chi connectivity index (χ3v) is 3.15. The van der Waals surface area contributed by atoms with Gasteiger partial charge < -0.3 is 5.32 Å². The molecule has 7 heteroatoms. The molecule has 0 amide bonds. The van der Waals surface area contributed by atoms with Crippen LogP contribution in [0.5, 0.6) is 0 Å². The molecule has 106 valence electrons. The van der Waals surface area contributed by atoms with Gasteiger partial charge in [-0.3, -0.25) is 15.1 Å². The van der Waals surface area contributed by atoms with Gasteiger partial charge in [0.05, 0.1) is 4.92 Å². The zero-order chi connectivity index (χ0) is 14.7. The highest BCUT2D eigenvalue weighted by Gasteiger charge is 2.22. The Hall–Kier alpha value is -2.96. The molecule has 0 aliphatic heterocycles. The number of pyridine rings is 2. The molecule has 0 spiro atoms. The third kappa shape index (κ3) is 2.66. The van der Waals surface area contributed by atoms with Crippen molar-refractivity contribution >= 4 is 17.0 Å². The number of fused-ring (bicyclic) bond motifs is 1. The van der Waals surface area contributed by atoms with Crippen LogP contribution in [0, 0.1) is 10.1 Å². The predicted molar refractivity (Wildman–Crippen MR) is 78.3 cm³/mol. The van der Waals surface area contributed by atoms with Gasteiger partial charge in [0.1, 0.15) is 5.52 Å². The van der Waals surface area contributed by atoms with Crippen LogP contribution in [-0.2, 0) is 6.42 Å². The van der Waals surface area contributed by atoms with E-state index in [0.29, 0.717) is 17.9 Å². The first kappa shape index (κ1) is 13.0. The fraction of sp³-hybridized carbons (Fsp3) is 0.143. The number of aromatic nitrogens is 3. The molecule has 0 bridgehead atoms. The van der Waals surface area contributed by atoms with Gasteiger partial charge in [0.2, 0.25) is 5.82 Å². The lowest BCUT2D eigenvalue weighted by atomic mass is 10.2. The van der Waals surface area contributed by atoms with Crippen LogP contribution < -0.4 is 5.32 Å². The van der Waals surface area contributed by atoms with E-state index in [4.69, 9.17) is 0 Å². The van der Waals surface area contributed by atoms with Crippen molar-refractivity contribution in [2.75, 3.05) is 11.9 Å². The summed E-state index contributed by atoms with van der Waals surface area (Å²) in [6.45, 7) is 0.564. The zero-order valence-electron chi connectivity index (χ0n) is 11.1. The minimum atomic E-state index is -0.406. The molecular formula is C14H13N5O2. The summed E-state index contributed by atoms with van der Waals surface area (Å²) in [6, 6.07) is 9.05. The fourth-order valence-electron chi connectivity index (χ4n) is 2.16. The predicted octanol–water partition coefficient (Wildman–Crippen LogP) is 2.29. The van der Waals surface area contributed by atoms with Crippen molar-refractivity contribution in [3.05, 3.63) is 64.6 Å². The first-order chi connectivity index (χ1) is 10.3. The lowest BCUT2D eigenvalue weighted by Crippen LogP contribution is -2.07. The van der Waals surface area contributed by atoms with Crippen LogP contribution in [0.3, 0.4) is 0 Å². The minimum Gasteiger partial charge on any atom is -0.362 e. The van der Waals surface area contributed by atoms with Crippen molar-refractivity contribution in [2.24, 2.45) is 0 Å². The maximum absolute atomic E-state index is 11.2. The molecule has 0 atom stereocenters. The molecule has 0 fully saturated rings. The largest absolute Gasteiger partial charge is 0.362 e. The van der Waals surface area contributed by atoms with E-state index < -0.39 is 4.92 Å². The average molecular weight is 283 g/mol. The molecule has 0 aliphatic rings. The number of hydrogen-bond acceptors (Lipinski definition) is 5. The van der Waals surface area contributed by atoms with Crippen molar-refractivity contribution in [2.45, 2.75) is 6.42 Å². The molecule has 7 nitrogen and oxygen atoms in total. The van der Waals surface area contributed by atoms with E-state index in [1.165, 1.54) is 4.52 Å². The number of nitrogens with zero attached hydrogens (tertiary/aromatic N) is 4. The normalized spacial score (nSPS) is 10.7. The van der Waals surface area contributed by atoms with Crippen molar-refractivity contribution in [3.63, 3.8) is 0 Å². The van der Waals surface area contributed by atoms with Crippen molar-refractivity contribution in [3.8, 4) is 0 Å². The summed E-state index contributed by atoms with van der Waals surface area (Å²) < 4.78 is 1.51. The number of nitro groups is 1. The van der Waals surface area contributed by atoms with Crippen LogP contribution in [0.25, 0.3) is 5.52 Å². The summed E-state index contributed by atoms with van der Waals surface area (Å²) in [5.41, 5.74) is 1.60. The van der Waals surface area contributed by atoms with Gasteiger partial charge in [0.25, 0.3) is 0 Å². The van der Waals surface area contributed by atoms with Crippen LogP contribution in [-0.4, -0.2) is 26.1 Å². The van der Waals surface area contributed by atoms with Crippen molar-refractivity contribution < 1.29 is 4.92 Å². The van der Waals surface area contributed by atoms with Gasteiger partial charge in [-0.15, -0.1) is 5.10 Å². The standard InChI is InChI=1S/C14H13N5O2/c20-19(21)13-12-3-1-2-10-18(12)17-14(13)16-9-6-11-4-7-15-8-5-11/h1-5,7-8,10H,6,9H2,(H,16,17). The molecule has 3 heterocycles. The molecule has 3 aromatic rings. The van der Waals surface area contributed by atoms with Gasteiger partial charge in [0, 0.05) is 25.1 Å². The average Bonchev–Trinajstić information content (AvgIpc) is 2.86. The molecule has 0 aromatic carbocycles. The first-order valence-electron chi connectivity index (χ1n) is 6.50.